The topological polar surface area (TPSA) is 86.8 Å². The molecule has 0 aliphatic rings. The Morgan fingerprint density at radius 1 is 1.12 bits per heavy atom. The highest BCUT2D eigenvalue weighted by atomic mass is 32.2. The normalized spacial score (nSPS) is 12.2. The maximum Gasteiger partial charge on any atom is 0.242 e. The molecule has 7 nitrogen and oxygen atoms in total. The van der Waals surface area contributed by atoms with Crippen molar-refractivity contribution in [2.75, 3.05) is 23.7 Å². The number of amides is 2. The Hall–Kier alpha value is -2.94. The molecule has 9 heteroatoms. The Balaban J connectivity index is 2.16. The average Bonchev–Trinajstić information content (AvgIpc) is 2.74. The fourth-order valence-electron chi connectivity index (χ4n) is 3.50. The number of carbonyl (C=O) groups excluding carboxylic acids is 2. The summed E-state index contributed by atoms with van der Waals surface area (Å²) in [5, 5.41) is 2.69. The molecule has 2 amide bonds. The fourth-order valence-corrected chi connectivity index (χ4v) is 4.46. The molecule has 0 radical (unpaired) electrons. The molecule has 0 saturated carbocycles. The van der Waals surface area contributed by atoms with Crippen LogP contribution < -0.4 is 9.62 Å². The fraction of sp³-hybridized carbons (Fsp3) is 0.417. The standard InChI is InChI=1S/C24H32FN3O4S/c1-5-26-24(30)19(3)27(17-20-11-6-7-13-22(20)25)23(29)14-9-15-28(33(4,31)32)21-12-8-10-18(2)16-21/h6-8,10-13,16,19H,5,9,14-15,17H2,1-4H3,(H,26,30). The number of halogens is 1. The number of rotatable bonds is 11. The predicted octanol–water partition coefficient (Wildman–Crippen LogP) is 3.23. The van der Waals surface area contributed by atoms with Crippen LogP contribution in [0.15, 0.2) is 48.5 Å². The summed E-state index contributed by atoms with van der Waals surface area (Å²) < 4.78 is 40.2. The van der Waals surface area contributed by atoms with Gasteiger partial charge in [0.2, 0.25) is 21.8 Å². The summed E-state index contributed by atoms with van der Waals surface area (Å²) in [7, 11) is -3.55. The van der Waals surface area contributed by atoms with Gasteiger partial charge < -0.3 is 10.2 Å². The molecule has 1 N–H and O–H groups in total. The Labute approximate surface area is 195 Å². The molecule has 2 aromatic carbocycles. The lowest BCUT2D eigenvalue weighted by atomic mass is 10.1. The van der Waals surface area contributed by atoms with Crippen LogP contribution in [-0.2, 0) is 26.2 Å². The SMILES string of the molecule is CCNC(=O)C(C)N(Cc1ccccc1F)C(=O)CCCN(c1cccc(C)c1)S(C)(=O)=O. The highest BCUT2D eigenvalue weighted by molar-refractivity contribution is 7.92. The monoisotopic (exact) mass is 477 g/mol. The lowest BCUT2D eigenvalue weighted by Gasteiger charge is -2.29. The van der Waals surface area contributed by atoms with Crippen molar-refractivity contribution in [2.45, 2.75) is 46.2 Å². The van der Waals surface area contributed by atoms with E-state index in [1.807, 2.05) is 13.0 Å². The first kappa shape index (κ1) is 26.3. The highest BCUT2D eigenvalue weighted by Crippen LogP contribution is 2.20. The zero-order valence-corrected chi connectivity index (χ0v) is 20.4. The Morgan fingerprint density at radius 3 is 2.42 bits per heavy atom. The third-order valence-electron chi connectivity index (χ3n) is 5.26. The van der Waals surface area contributed by atoms with E-state index in [-0.39, 0.29) is 37.7 Å². The summed E-state index contributed by atoms with van der Waals surface area (Å²) in [4.78, 5) is 26.8. The lowest BCUT2D eigenvalue weighted by molar-refractivity contribution is -0.140. The molecule has 1 unspecified atom stereocenters. The molecular formula is C24H32FN3O4S. The van der Waals surface area contributed by atoms with E-state index in [0.29, 0.717) is 17.8 Å². The second-order valence-corrected chi connectivity index (χ2v) is 9.87. The first-order chi connectivity index (χ1) is 15.5. The summed E-state index contributed by atoms with van der Waals surface area (Å²) in [5.74, 6) is -1.14. The van der Waals surface area contributed by atoms with E-state index in [1.165, 1.54) is 15.3 Å². The number of anilines is 1. The minimum atomic E-state index is -3.55. The van der Waals surface area contributed by atoms with Gasteiger partial charge in [-0.25, -0.2) is 12.8 Å². The van der Waals surface area contributed by atoms with Crippen LogP contribution in [0.4, 0.5) is 10.1 Å². The van der Waals surface area contributed by atoms with Gasteiger partial charge in [-0.3, -0.25) is 13.9 Å². The molecule has 0 fully saturated rings. The Bertz CT molecular complexity index is 1070. The van der Waals surface area contributed by atoms with Crippen molar-refractivity contribution in [1.82, 2.24) is 10.2 Å². The summed E-state index contributed by atoms with van der Waals surface area (Å²) >= 11 is 0. The van der Waals surface area contributed by atoms with E-state index >= 15 is 0 Å². The lowest BCUT2D eigenvalue weighted by Crippen LogP contribution is -2.47. The minimum Gasteiger partial charge on any atom is -0.355 e. The number of benzene rings is 2. The smallest absolute Gasteiger partial charge is 0.242 e. The van der Waals surface area contributed by atoms with E-state index in [2.05, 4.69) is 5.32 Å². The number of sulfonamides is 1. The third-order valence-corrected chi connectivity index (χ3v) is 6.45. The van der Waals surface area contributed by atoms with E-state index in [0.717, 1.165) is 11.8 Å². The van der Waals surface area contributed by atoms with Gasteiger partial charge in [0.25, 0.3) is 0 Å². The Morgan fingerprint density at radius 2 is 1.82 bits per heavy atom. The molecule has 0 aliphatic carbocycles. The maximum atomic E-state index is 14.2. The third kappa shape index (κ3) is 7.56. The van der Waals surface area contributed by atoms with Gasteiger partial charge in [0.15, 0.2) is 0 Å². The molecule has 2 rings (SSSR count). The second kappa shape index (κ2) is 11.8. The molecule has 0 bridgehead atoms. The molecule has 0 saturated heterocycles. The first-order valence-electron chi connectivity index (χ1n) is 10.9. The molecule has 33 heavy (non-hydrogen) atoms. The first-order valence-corrected chi connectivity index (χ1v) is 12.7. The van der Waals surface area contributed by atoms with Gasteiger partial charge >= 0.3 is 0 Å². The van der Waals surface area contributed by atoms with Crippen LogP contribution in [-0.4, -0.2) is 50.5 Å². The van der Waals surface area contributed by atoms with E-state index in [1.54, 1.807) is 50.2 Å². The molecule has 0 aromatic heterocycles. The molecule has 0 heterocycles. The molecule has 0 spiro atoms. The summed E-state index contributed by atoms with van der Waals surface area (Å²) in [6.07, 6.45) is 1.38. The molecule has 2 aromatic rings. The van der Waals surface area contributed by atoms with Crippen LogP contribution in [0.1, 0.15) is 37.8 Å². The minimum absolute atomic E-state index is 0.00995. The van der Waals surface area contributed by atoms with Crippen molar-refractivity contribution >= 4 is 27.5 Å². The van der Waals surface area contributed by atoms with Gasteiger partial charge in [-0.15, -0.1) is 0 Å². The number of carbonyl (C=O) groups is 2. The highest BCUT2D eigenvalue weighted by Gasteiger charge is 2.27. The van der Waals surface area contributed by atoms with Gasteiger partial charge in [0.05, 0.1) is 11.9 Å². The van der Waals surface area contributed by atoms with Crippen molar-refractivity contribution in [3.63, 3.8) is 0 Å². The van der Waals surface area contributed by atoms with Crippen molar-refractivity contribution in [2.24, 2.45) is 0 Å². The average molecular weight is 478 g/mol. The van der Waals surface area contributed by atoms with Gasteiger partial charge in [-0.1, -0.05) is 30.3 Å². The summed E-state index contributed by atoms with van der Waals surface area (Å²) in [5.41, 5.74) is 1.76. The van der Waals surface area contributed by atoms with E-state index in [9.17, 15) is 22.4 Å². The van der Waals surface area contributed by atoms with Crippen LogP contribution in [0.2, 0.25) is 0 Å². The van der Waals surface area contributed by atoms with Crippen molar-refractivity contribution < 1.29 is 22.4 Å². The van der Waals surface area contributed by atoms with Crippen LogP contribution >= 0.6 is 0 Å². The number of nitrogens with zero attached hydrogens (tertiary/aromatic N) is 2. The number of likely N-dealkylation sites (N-methyl/N-ethyl adjacent to an activating group) is 1. The number of hydrogen-bond acceptors (Lipinski definition) is 4. The van der Waals surface area contributed by atoms with Crippen LogP contribution in [0, 0.1) is 12.7 Å². The van der Waals surface area contributed by atoms with Gasteiger partial charge in [-0.05, 0) is 51.0 Å². The summed E-state index contributed by atoms with van der Waals surface area (Å²) in [6.45, 7) is 5.70. The van der Waals surface area contributed by atoms with Crippen LogP contribution in [0.3, 0.4) is 0 Å². The second-order valence-electron chi connectivity index (χ2n) is 7.96. The zero-order valence-electron chi connectivity index (χ0n) is 19.5. The summed E-state index contributed by atoms with van der Waals surface area (Å²) in [6, 6.07) is 12.4. The number of hydrogen-bond donors (Lipinski definition) is 1. The zero-order chi connectivity index (χ0) is 24.6. The van der Waals surface area contributed by atoms with Crippen LogP contribution in [0.25, 0.3) is 0 Å². The quantitative estimate of drug-likeness (QED) is 0.538. The van der Waals surface area contributed by atoms with E-state index in [4.69, 9.17) is 0 Å². The molecular weight excluding hydrogens is 445 g/mol. The largest absolute Gasteiger partial charge is 0.355 e. The Kier molecular flexibility index (Phi) is 9.40. The number of nitrogens with one attached hydrogen (secondary N) is 1. The van der Waals surface area contributed by atoms with Crippen molar-refractivity contribution in [1.29, 1.82) is 0 Å². The number of aryl methyl sites for hydroxylation is 1. The molecule has 1 atom stereocenters. The van der Waals surface area contributed by atoms with Gasteiger partial charge in [0.1, 0.15) is 11.9 Å². The van der Waals surface area contributed by atoms with Gasteiger partial charge in [-0.2, -0.15) is 0 Å². The van der Waals surface area contributed by atoms with Crippen molar-refractivity contribution in [3.8, 4) is 0 Å². The van der Waals surface area contributed by atoms with Crippen LogP contribution in [0.5, 0.6) is 0 Å². The van der Waals surface area contributed by atoms with E-state index < -0.39 is 21.9 Å². The predicted molar refractivity (Wildman–Crippen MR) is 128 cm³/mol. The molecule has 180 valence electrons. The maximum absolute atomic E-state index is 14.2. The van der Waals surface area contributed by atoms with Crippen molar-refractivity contribution in [3.05, 3.63) is 65.5 Å². The van der Waals surface area contributed by atoms with Gasteiger partial charge in [0, 0.05) is 31.6 Å². The molecule has 0 aliphatic heterocycles.